The minimum Gasteiger partial charge on any atom is -0.481 e. The van der Waals surface area contributed by atoms with Crippen LogP contribution in [0.2, 0.25) is 0 Å². The summed E-state index contributed by atoms with van der Waals surface area (Å²) in [4.78, 5) is 24.8. The van der Waals surface area contributed by atoms with Crippen LogP contribution >= 0.6 is 0 Å². The number of unbranched alkanes of at least 4 members (excludes halogenated alkanes) is 14. The average Bonchev–Trinajstić information content (AvgIpc) is 3.13. The molecular weight excluding hydrogens is 422 g/mol. The van der Waals surface area contributed by atoms with Crippen LogP contribution in [0.1, 0.15) is 139 Å². The van der Waals surface area contributed by atoms with Crippen molar-refractivity contribution in [2.75, 3.05) is 0 Å². The van der Waals surface area contributed by atoms with Crippen molar-refractivity contribution in [3.05, 3.63) is 35.5 Å². The number of aliphatic carboxylic acids is 1. The van der Waals surface area contributed by atoms with Crippen molar-refractivity contribution in [2.45, 2.75) is 122 Å². The summed E-state index contributed by atoms with van der Waals surface area (Å²) >= 11 is 0. The number of hydrogen-bond donors (Lipinski definition) is 1. The first-order chi connectivity index (χ1) is 16.5. The molecule has 34 heavy (non-hydrogen) atoms. The van der Waals surface area contributed by atoms with Crippen LogP contribution < -0.4 is 0 Å². The molecule has 0 radical (unpaired) electrons. The van der Waals surface area contributed by atoms with Crippen molar-refractivity contribution in [3.63, 3.8) is 0 Å². The molecule has 0 aliphatic carbocycles. The van der Waals surface area contributed by atoms with Crippen molar-refractivity contribution in [2.24, 2.45) is 7.05 Å². The number of carbonyl (C=O) groups excluding carboxylic acids is 1. The topological polar surface area (TPSA) is 59.3 Å². The fourth-order valence-electron chi connectivity index (χ4n) is 5.11. The molecule has 1 aromatic carbocycles. The first-order valence-corrected chi connectivity index (χ1v) is 13.8. The molecule has 1 heterocycles. The third kappa shape index (κ3) is 8.60. The Hall–Kier alpha value is -2.10. The number of benzene rings is 1. The van der Waals surface area contributed by atoms with Gasteiger partial charge < -0.3 is 9.67 Å². The number of carbonyl (C=O) groups is 2. The number of Topliss-reactive ketones (excluding diaryl/α,β-unsaturated/α-hetero) is 1. The van der Waals surface area contributed by atoms with Gasteiger partial charge in [-0.15, -0.1) is 0 Å². The first-order valence-electron chi connectivity index (χ1n) is 13.8. The molecular formula is C30H47NO3. The predicted octanol–water partition coefficient (Wildman–Crippen LogP) is 8.81. The number of hydrogen-bond acceptors (Lipinski definition) is 2. The Bertz CT molecular complexity index is 883. The van der Waals surface area contributed by atoms with Gasteiger partial charge in [0.25, 0.3) is 0 Å². The second-order valence-electron chi connectivity index (χ2n) is 10.0. The second-order valence-corrected chi connectivity index (χ2v) is 10.0. The van der Waals surface area contributed by atoms with Gasteiger partial charge in [0.15, 0.2) is 5.78 Å². The zero-order valence-electron chi connectivity index (χ0n) is 21.9. The molecule has 190 valence electrons. The number of ketones is 1. The molecule has 0 saturated heterocycles. The van der Waals surface area contributed by atoms with Crippen LogP contribution in [0.4, 0.5) is 0 Å². The Morgan fingerprint density at radius 3 is 1.76 bits per heavy atom. The number of carboxylic acids is 1. The monoisotopic (exact) mass is 469 g/mol. The molecule has 1 N–H and O–H groups in total. The zero-order chi connectivity index (χ0) is 24.8. The largest absolute Gasteiger partial charge is 0.481 e. The summed E-state index contributed by atoms with van der Waals surface area (Å²) in [6.45, 7) is 3.94. The summed E-state index contributed by atoms with van der Waals surface area (Å²) in [5.74, 6) is -1.53. The van der Waals surface area contributed by atoms with E-state index in [0.717, 1.165) is 23.7 Å². The highest BCUT2D eigenvalue weighted by molar-refractivity contribution is 6.10. The summed E-state index contributed by atoms with van der Waals surface area (Å²) in [7, 11) is 1.86. The molecule has 1 aromatic heterocycles. The van der Waals surface area contributed by atoms with E-state index in [-0.39, 0.29) is 5.78 Å². The number of nitrogens with zero attached hydrogens (tertiary/aromatic N) is 1. The van der Waals surface area contributed by atoms with E-state index in [2.05, 4.69) is 6.92 Å². The van der Waals surface area contributed by atoms with E-state index in [9.17, 15) is 14.7 Å². The van der Waals surface area contributed by atoms with Gasteiger partial charge in [-0.25, -0.2) is 0 Å². The lowest BCUT2D eigenvalue weighted by atomic mass is 9.95. The van der Waals surface area contributed by atoms with E-state index in [1.54, 1.807) is 6.92 Å². The van der Waals surface area contributed by atoms with E-state index in [1.807, 2.05) is 35.9 Å². The minimum absolute atomic E-state index is 0.0783. The molecule has 0 fully saturated rings. The summed E-state index contributed by atoms with van der Waals surface area (Å²) in [5, 5.41) is 10.5. The van der Waals surface area contributed by atoms with Gasteiger partial charge >= 0.3 is 5.97 Å². The summed E-state index contributed by atoms with van der Waals surface area (Å²) in [5.41, 5.74) is 2.16. The van der Waals surface area contributed by atoms with Crippen molar-refractivity contribution in [1.82, 2.24) is 4.57 Å². The Morgan fingerprint density at radius 2 is 1.26 bits per heavy atom. The number of para-hydroxylation sites is 1. The maximum atomic E-state index is 13.1. The quantitative estimate of drug-likeness (QED) is 0.165. The highest BCUT2D eigenvalue weighted by Gasteiger charge is 2.27. The molecule has 0 amide bonds. The highest BCUT2D eigenvalue weighted by Crippen LogP contribution is 2.32. The van der Waals surface area contributed by atoms with E-state index >= 15 is 0 Å². The average molecular weight is 470 g/mol. The molecule has 0 saturated carbocycles. The maximum Gasteiger partial charge on any atom is 0.312 e. The standard InChI is InChI=1S/C30H47NO3/c1-4-5-6-7-8-9-10-11-12-13-14-15-16-17-18-23-27(32)28-25-21-19-20-22-26(25)31(3)29(28)24(2)30(33)34/h19-22,24H,4-18,23H2,1-3H3,(H,33,34). The van der Waals surface area contributed by atoms with Crippen molar-refractivity contribution in [1.29, 1.82) is 0 Å². The smallest absolute Gasteiger partial charge is 0.312 e. The Balaban J connectivity index is 1.66. The van der Waals surface area contributed by atoms with Gasteiger partial charge in [0, 0.05) is 35.6 Å². The molecule has 4 nitrogen and oxygen atoms in total. The van der Waals surface area contributed by atoms with E-state index < -0.39 is 11.9 Å². The van der Waals surface area contributed by atoms with E-state index in [1.165, 1.54) is 83.5 Å². The second kappa shape index (κ2) is 15.7. The molecule has 2 aromatic rings. The fourth-order valence-corrected chi connectivity index (χ4v) is 5.11. The van der Waals surface area contributed by atoms with Crippen LogP contribution in [-0.4, -0.2) is 21.4 Å². The highest BCUT2D eigenvalue weighted by atomic mass is 16.4. The zero-order valence-corrected chi connectivity index (χ0v) is 21.9. The van der Waals surface area contributed by atoms with Gasteiger partial charge in [0.05, 0.1) is 5.92 Å². The number of aromatic nitrogens is 1. The summed E-state index contributed by atoms with van der Waals surface area (Å²) in [6, 6.07) is 7.74. The maximum absolute atomic E-state index is 13.1. The summed E-state index contributed by atoms with van der Waals surface area (Å²) < 4.78 is 1.88. The molecule has 0 bridgehead atoms. The fraction of sp³-hybridized carbons (Fsp3) is 0.667. The van der Waals surface area contributed by atoms with Crippen molar-refractivity contribution < 1.29 is 14.7 Å². The molecule has 0 aliphatic rings. The number of rotatable bonds is 19. The predicted molar refractivity (Wildman–Crippen MR) is 143 cm³/mol. The number of aryl methyl sites for hydroxylation is 1. The SMILES string of the molecule is CCCCCCCCCCCCCCCCCC(=O)c1c(C(C)C(=O)O)n(C)c2ccccc12. The van der Waals surface area contributed by atoms with Crippen molar-refractivity contribution in [3.8, 4) is 0 Å². The molecule has 1 unspecified atom stereocenters. The Kier molecular flexibility index (Phi) is 13.0. The van der Waals surface area contributed by atoms with Gasteiger partial charge in [-0.3, -0.25) is 9.59 Å². The van der Waals surface area contributed by atoms with Gasteiger partial charge in [-0.05, 0) is 19.4 Å². The van der Waals surface area contributed by atoms with Crippen LogP contribution in [0.5, 0.6) is 0 Å². The van der Waals surface area contributed by atoms with Gasteiger partial charge in [-0.2, -0.15) is 0 Å². The lowest BCUT2D eigenvalue weighted by molar-refractivity contribution is -0.138. The van der Waals surface area contributed by atoms with Crippen LogP contribution in [-0.2, 0) is 11.8 Å². The van der Waals surface area contributed by atoms with Crippen LogP contribution in [0, 0.1) is 0 Å². The molecule has 0 spiro atoms. The third-order valence-electron chi connectivity index (χ3n) is 7.22. The Labute approximate surface area is 207 Å². The van der Waals surface area contributed by atoms with Gasteiger partial charge in [0.1, 0.15) is 0 Å². The van der Waals surface area contributed by atoms with E-state index in [0.29, 0.717) is 17.7 Å². The van der Waals surface area contributed by atoms with Gasteiger partial charge in [-0.1, -0.05) is 115 Å². The van der Waals surface area contributed by atoms with Crippen LogP contribution in [0.25, 0.3) is 10.9 Å². The number of fused-ring (bicyclic) bond motifs is 1. The third-order valence-corrected chi connectivity index (χ3v) is 7.22. The molecule has 0 aliphatic heterocycles. The summed E-state index contributed by atoms with van der Waals surface area (Å²) in [6.07, 6.45) is 20.0. The molecule has 4 heteroatoms. The molecule has 2 rings (SSSR count). The first kappa shape index (κ1) is 28.1. The molecule has 1 atom stereocenters. The van der Waals surface area contributed by atoms with Crippen LogP contribution in [0.15, 0.2) is 24.3 Å². The number of carboxylic acid groups (broad SMARTS) is 1. The lowest BCUT2D eigenvalue weighted by Gasteiger charge is -2.11. The van der Waals surface area contributed by atoms with Crippen LogP contribution in [0.3, 0.4) is 0 Å². The van der Waals surface area contributed by atoms with E-state index in [4.69, 9.17) is 0 Å². The van der Waals surface area contributed by atoms with Gasteiger partial charge in [0.2, 0.25) is 0 Å². The Morgan fingerprint density at radius 1 is 0.794 bits per heavy atom. The normalized spacial score (nSPS) is 12.3. The lowest BCUT2D eigenvalue weighted by Crippen LogP contribution is -2.15. The minimum atomic E-state index is -0.896. The van der Waals surface area contributed by atoms with Crippen molar-refractivity contribution >= 4 is 22.7 Å².